The maximum Gasteiger partial charge on any atom is 0.165 e. The molecule has 0 heterocycles. The lowest BCUT2D eigenvalue weighted by Crippen LogP contribution is -2.15. The van der Waals surface area contributed by atoms with Crippen molar-refractivity contribution in [2.24, 2.45) is 0 Å². The number of hydrogen-bond acceptors (Lipinski definition) is 2. The summed E-state index contributed by atoms with van der Waals surface area (Å²) in [4.78, 5) is 0. The molecule has 92 valence electrons. The van der Waals surface area contributed by atoms with E-state index >= 15 is 0 Å². The summed E-state index contributed by atoms with van der Waals surface area (Å²) in [6.45, 7) is 6.65. The Morgan fingerprint density at radius 2 is 2.29 bits per heavy atom. The van der Waals surface area contributed by atoms with Gasteiger partial charge in [-0.05, 0) is 43.0 Å². The molecule has 0 radical (unpaired) electrons. The van der Waals surface area contributed by atoms with Gasteiger partial charge in [0.05, 0.1) is 0 Å². The van der Waals surface area contributed by atoms with E-state index in [1.54, 1.807) is 6.07 Å². The molecule has 1 saturated carbocycles. The summed E-state index contributed by atoms with van der Waals surface area (Å²) in [7, 11) is 0. The van der Waals surface area contributed by atoms with Crippen LogP contribution in [0.1, 0.15) is 25.3 Å². The third kappa shape index (κ3) is 3.86. The van der Waals surface area contributed by atoms with Crippen LogP contribution in [0.15, 0.2) is 30.4 Å². The number of rotatable bonds is 6. The first kappa shape index (κ1) is 12.1. The second-order valence-electron chi connectivity index (χ2n) is 4.67. The van der Waals surface area contributed by atoms with Crippen LogP contribution in [-0.4, -0.2) is 12.6 Å². The summed E-state index contributed by atoms with van der Waals surface area (Å²) in [5, 5.41) is 3.35. The Hall–Kier alpha value is -1.35. The largest absolute Gasteiger partial charge is 0.486 e. The van der Waals surface area contributed by atoms with E-state index in [0.717, 1.165) is 17.7 Å². The van der Waals surface area contributed by atoms with E-state index in [9.17, 15) is 4.39 Å². The van der Waals surface area contributed by atoms with Crippen LogP contribution in [-0.2, 0) is 6.54 Å². The second kappa shape index (κ2) is 5.32. The number of nitrogens with one attached hydrogen (secondary N) is 1. The predicted octanol–water partition coefficient (Wildman–Crippen LogP) is 3.03. The first-order chi connectivity index (χ1) is 8.15. The molecule has 2 rings (SSSR count). The maximum absolute atomic E-state index is 13.7. The van der Waals surface area contributed by atoms with Crippen molar-refractivity contribution in [2.45, 2.75) is 32.4 Å². The number of ether oxygens (including phenoxy) is 1. The molecule has 1 fully saturated rings. The lowest BCUT2D eigenvalue weighted by atomic mass is 10.2. The van der Waals surface area contributed by atoms with Crippen LogP contribution >= 0.6 is 0 Å². The molecular weight excluding hydrogens is 217 g/mol. The molecule has 0 atom stereocenters. The van der Waals surface area contributed by atoms with Crippen molar-refractivity contribution in [3.05, 3.63) is 41.7 Å². The fourth-order valence-electron chi connectivity index (χ4n) is 1.52. The summed E-state index contributed by atoms with van der Waals surface area (Å²) < 4.78 is 19.0. The van der Waals surface area contributed by atoms with Gasteiger partial charge in [-0.15, -0.1) is 0 Å². The molecule has 0 unspecified atom stereocenters. The Morgan fingerprint density at radius 3 is 2.88 bits per heavy atom. The molecule has 1 aromatic carbocycles. The van der Waals surface area contributed by atoms with Crippen LogP contribution in [0.3, 0.4) is 0 Å². The van der Waals surface area contributed by atoms with Crippen molar-refractivity contribution in [1.29, 1.82) is 0 Å². The average molecular weight is 235 g/mol. The molecule has 0 saturated heterocycles. The standard InChI is InChI=1S/C14H18FNO/c1-10(2)9-17-14-6-3-11(7-13(14)15)8-16-12-4-5-12/h3,6-7,12,16H,1,4-5,8-9H2,2H3. The van der Waals surface area contributed by atoms with E-state index in [-0.39, 0.29) is 5.82 Å². The van der Waals surface area contributed by atoms with Crippen LogP contribution < -0.4 is 10.1 Å². The highest BCUT2D eigenvalue weighted by molar-refractivity contribution is 5.29. The summed E-state index contributed by atoms with van der Waals surface area (Å²) in [5.41, 5.74) is 1.83. The van der Waals surface area contributed by atoms with Gasteiger partial charge in [0.15, 0.2) is 11.6 Å². The number of benzene rings is 1. The van der Waals surface area contributed by atoms with Crippen LogP contribution in [0.4, 0.5) is 4.39 Å². The number of hydrogen-bond donors (Lipinski definition) is 1. The Balaban J connectivity index is 1.92. The topological polar surface area (TPSA) is 21.3 Å². The van der Waals surface area contributed by atoms with Gasteiger partial charge in [-0.3, -0.25) is 0 Å². The van der Waals surface area contributed by atoms with Crippen molar-refractivity contribution in [2.75, 3.05) is 6.61 Å². The minimum atomic E-state index is -0.304. The van der Waals surface area contributed by atoms with Crippen molar-refractivity contribution < 1.29 is 9.13 Å². The summed E-state index contributed by atoms with van der Waals surface area (Å²) >= 11 is 0. The average Bonchev–Trinajstić information content (AvgIpc) is 3.08. The summed E-state index contributed by atoms with van der Waals surface area (Å²) in [6.07, 6.45) is 2.48. The van der Waals surface area contributed by atoms with Gasteiger partial charge in [0.25, 0.3) is 0 Å². The Kier molecular flexibility index (Phi) is 3.79. The first-order valence-corrected chi connectivity index (χ1v) is 5.94. The van der Waals surface area contributed by atoms with Crippen LogP contribution in [0.25, 0.3) is 0 Å². The van der Waals surface area contributed by atoms with E-state index in [1.807, 2.05) is 13.0 Å². The van der Waals surface area contributed by atoms with E-state index < -0.39 is 0 Å². The highest BCUT2D eigenvalue weighted by Gasteiger charge is 2.20. The second-order valence-corrected chi connectivity index (χ2v) is 4.67. The van der Waals surface area contributed by atoms with E-state index in [2.05, 4.69) is 11.9 Å². The molecule has 1 aromatic rings. The molecule has 2 nitrogen and oxygen atoms in total. The quantitative estimate of drug-likeness (QED) is 0.765. The minimum Gasteiger partial charge on any atom is -0.486 e. The zero-order valence-electron chi connectivity index (χ0n) is 10.1. The highest BCUT2D eigenvalue weighted by atomic mass is 19.1. The van der Waals surface area contributed by atoms with Crippen LogP contribution in [0.2, 0.25) is 0 Å². The third-order valence-corrected chi connectivity index (χ3v) is 2.64. The van der Waals surface area contributed by atoms with E-state index in [4.69, 9.17) is 4.74 Å². The molecular formula is C14H18FNO. The molecule has 0 bridgehead atoms. The fourth-order valence-corrected chi connectivity index (χ4v) is 1.52. The summed E-state index contributed by atoms with van der Waals surface area (Å²) in [6, 6.07) is 5.75. The Morgan fingerprint density at radius 1 is 1.53 bits per heavy atom. The highest BCUT2D eigenvalue weighted by Crippen LogP contribution is 2.21. The van der Waals surface area contributed by atoms with Gasteiger partial charge in [0, 0.05) is 12.6 Å². The Bertz CT molecular complexity index is 413. The zero-order valence-corrected chi connectivity index (χ0v) is 10.1. The molecule has 0 aromatic heterocycles. The predicted molar refractivity (Wildman–Crippen MR) is 66.6 cm³/mol. The van der Waals surface area contributed by atoms with Gasteiger partial charge >= 0.3 is 0 Å². The molecule has 0 spiro atoms. The molecule has 0 aliphatic heterocycles. The lowest BCUT2D eigenvalue weighted by Gasteiger charge is -2.09. The van der Waals surface area contributed by atoms with Gasteiger partial charge < -0.3 is 10.1 Å². The van der Waals surface area contributed by atoms with Gasteiger partial charge in [-0.25, -0.2) is 4.39 Å². The van der Waals surface area contributed by atoms with Crippen LogP contribution in [0, 0.1) is 5.82 Å². The van der Waals surface area contributed by atoms with Gasteiger partial charge in [-0.1, -0.05) is 12.6 Å². The van der Waals surface area contributed by atoms with Gasteiger partial charge in [0.2, 0.25) is 0 Å². The van der Waals surface area contributed by atoms with Crippen LogP contribution in [0.5, 0.6) is 5.75 Å². The fraction of sp³-hybridized carbons (Fsp3) is 0.429. The third-order valence-electron chi connectivity index (χ3n) is 2.64. The Labute approximate surface area is 101 Å². The van der Waals surface area contributed by atoms with E-state index in [1.165, 1.54) is 18.9 Å². The molecule has 1 aliphatic carbocycles. The molecule has 0 amide bonds. The zero-order chi connectivity index (χ0) is 12.3. The monoisotopic (exact) mass is 235 g/mol. The van der Waals surface area contributed by atoms with Crippen molar-refractivity contribution >= 4 is 0 Å². The lowest BCUT2D eigenvalue weighted by molar-refractivity contribution is 0.332. The number of halogens is 1. The minimum absolute atomic E-state index is 0.295. The maximum atomic E-state index is 13.7. The SMILES string of the molecule is C=C(C)COc1ccc(CNC2CC2)cc1F. The van der Waals surface area contributed by atoms with Gasteiger partial charge in [0.1, 0.15) is 6.61 Å². The normalized spacial score (nSPS) is 14.7. The van der Waals surface area contributed by atoms with Gasteiger partial charge in [-0.2, -0.15) is 0 Å². The molecule has 17 heavy (non-hydrogen) atoms. The molecule has 1 aliphatic rings. The molecule has 3 heteroatoms. The van der Waals surface area contributed by atoms with E-state index in [0.29, 0.717) is 18.4 Å². The summed E-state index contributed by atoms with van der Waals surface area (Å²) in [5.74, 6) is -0.00970. The first-order valence-electron chi connectivity index (χ1n) is 5.94. The van der Waals surface area contributed by atoms with Crippen molar-refractivity contribution in [3.63, 3.8) is 0 Å². The van der Waals surface area contributed by atoms with Crippen molar-refractivity contribution in [3.8, 4) is 5.75 Å². The smallest absolute Gasteiger partial charge is 0.165 e. The van der Waals surface area contributed by atoms with Crippen molar-refractivity contribution in [1.82, 2.24) is 5.32 Å². The molecule has 1 N–H and O–H groups in total.